The van der Waals surface area contributed by atoms with Gasteiger partial charge in [0, 0.05) is 0 Å². The number of anilines is 1. The Morgan fingerprint density at radius 1 is 1.33 bits per heavy atom. The molecule has 0 aliphatic rings. The lowest BCUT2D eigenvalue weighted by Crippen LogP contribution is -2.06. The molecule has 0 aromatic heterocycles. The Morgan fingerprint density at radius 2 is 2.00 bits per heavy atom. The molecule has 0 heterocycles. The lowest BCUT2D eigenvalue weighted by Gasteiger charge is -2.12. The van der Waals surface area contributed by atoms with Crippen LogP contribution in [0.4, 0.5) is 5.69 Å². The summed E-state index contributed by atoms with van der Waals surface area (Å²) in [6.07, 6.45) is 0.188. The average molecular weight is 183 g/mol. The summed E-state index contributed by atoms with van der Waals surface area (Å²) in [5.74, 6) is 0.836. The predicted molar refractivity (Wildman–Crippen MR) is 54.8 cm³/mol. The van der Waals surface area contributed by atoms with Crippen LogP contribution in [0.1, 0.15) is 13.8 Å². The largest absolute Gasteiger partial charge is 0.489 e. The van der Waals surface area contributed by atoms with Gasteiger partial charge in [-0.2, -0.15) is 0 Å². The monoisotopic (exact) mass is 183 g/mol. The van der Waals surface area contributed by atoms with Gasteiger partial charge in [-0.15, -0.1) is 0 Å². The molecule has 1 aromatic rings. The van der Waals surface area contributed by atoms with E-state index in [0.29, 0.717) is 0 Å². The van der Waals surface area contributed by atoms with Crippen molar-refractivity contribution in [1.82, 2.24) is 0 Å². The van der Waals surface area contributed by atoms with Gasteiger partial charge in [0.05, 0.1) is 11.8 Å². The molecule has 66 valence electrons. The molecule has 0 fully saturated rings. The van der Waals surface area contributed by atoms with Crippen molar-refractivity contribution < 1.29 is 4.74 Å². The van der Waals surface area contributed by atoms with E-state index in [1.54, 1.807) is 0 Å². The van der Waals surface area contributed by atoms with E-state index in [4.69, 9.17) is 4.74 Å². The zero-order valence-electron chi connectivity index (χ0n) is 7.24. The first-order valence-electron chi connectivity index (χ1n) is 3.90. The third kappa shape index (κ3) is 2.34. The van der Waals surface area contributed by atoms with Gasteiger partial charge in [0.25, 0.3) is 0 Å². The van der Waals surface area contributed by atoms with Crippen LogP contribution in [0.15, 0.2) is 24.3 Å². The molecule has 1 rings (SSSR count). The van der Waals surface area contributed by atoms with Crippen LogP contribution in [0.2, 0.25) is 0 Å². The molecule has 0 saturated carbocycles. The smallest absolute Gasteiger partial charge is 0.143 e. The minimum atomic E-state index is 0.188. The standard InChI is InChI=1S/C9H13NOS/c1-7(2)11-9-6-4-3-5-8(9)10-12/h3-7,10,12H,1-2H3. The number of hydrogen-bond acceptors (Lipinski definition) is 3. The van der Waals surface area contributed by atoms with Gasteiger partial charge < -0.3 is 9.46 Å². The number of rotatable bonds is 3. The zero-order valence-corrected chi connectivity index (χ0v) is 8.14. The van der Waals surface area contributed by atoms with Gasteiger partial charge >= 0.3 is 0 Å². The van der Waals surface area contributed by atoms with Crippen molar-refractivity contribution in [2.75, 3.05) is 4.72 Å². The number of para-hydroxylation sites is 2. The maximum absolute atomic E-state index is 5.52. The van der Waals surface area contributed by atoms with E-state index in [1.807, 2.05) is 38.1 Å². The normalized spacial score (nSPS) is 10.0. The molecule has 0 radical (unpaired) electrons. The molecule has 0 amide bonds. The second-order valence-electron chi connectivity index (χ2n) is 2.77. The zero-order chi connectivity index (χ0) is 8.97. The Hall–Kier alpha value is -0.830. The summed E-state index contributed by atoms with van der Waals surface area (Å²) in [7, 11) is 0. The first-order valence-corrected chi connectivity index (χ1v) is 4.34. The quantitative estimate of drug-likeness (QED) is 0.703. The molecule has 2 nitrogen and oxygen atoms in total. The van der Waals surface area contributed by atoms with Gasteiger partial charge in [-0.1, -0.05) is 24.9 Å². The van der Waals surface area contributed by atoms with Crippen LogP contribution in [0.25, 0.3) is 0 Å². The van der Waals surface area contributed by atoms with Gasteiger partial charge in [-0.05, 0) is 26.0 Å². The van der Waals surface area contributed by atoms with Crippen molar-refractivity contribution in [1.29, 1.82) is 0 Å². The fourth-order valence-corrected chi connectivity index (χ4v) is 1.10. The summed E-state index contributed by atoms with van der Waals surface area (Å²) >= 11 is 3.97. The fraction of sp³-hybridized carbons (Fsp3) is 0.333. The van der Waals surface area contributed by atoms with Crippen LogP contribution in [-0.2, 0) is 0 Å². The van der Waals surface area contributed by atoms with E-state index in [-0.39, 0.29) is 6.10 Å². The molecular weight excluding hydrogens is 170 g/mol. The summed E-state index contributed by atoms with van der Waals surface area (Å²) in [6.45, 7) is 3.99. The Labute approximate surface area is 78.5 Å². The lowest BCUT2D eigenvalue weighted by molar-refractivity contribution is 0.244. The van der Waals surface area contributed by atoms with E-state index in [0.717, 1.165) is 11.4 Å². The van der Waals surface area contributed by atoms with E-state index >= 15 is 0 Å². The highest BCUT2D eigenvalue weighted by atomic mass is 32.1. The van der Waals surface area contributed by atoms with Crippen molar-refractivity contribution in [3.63, 3.8) is 0 Å². The summed E-state index contributed by atoms with van der Waals surface area (Å²) in [5.41, 5.74) is 0.898. The summed E-state index contributed by atoms with van der Waals surface area (Å²) < 4.78 is 8.30. The number of ether oxygens (including phenoxy) is 1. The van der Waals surface area contributed by atoms with Crippen LogP contribution in [-0.4, -0.2) is 6.10 Å². The lowest BCUT2D eigenvalue weighted by atomic mass is 10.3. The van der Waals surface area contributed by atoms with Crippen molar-refractivity contribution in [2.24, 2.45) is 0 Å². The Kier molecular flexibility index (Phi) is 3.29. The number of thiol groups is 1. The van der Waals surface area contributed by atoms with Crippen molar-refractivity contribution in [3.8, 4) is 5.75 Å². The number of benzene rings is 1. The van der Waals surface area contributed by atoms with Crippen LogP contribution in [0.3, 0.4) is 0 Å². The highest BCUT2D eigenvalue weighted by Crippen LogP contribution is 2.24. The van der Waals surface area contributed by atoms with Crippen molar-refractivity contribution >= 4 is 18.5 Å². The number of nitrogens with one attached hydrogen (secondary N) is 1. The second-order valence-corrected chi connectivity index (χ2v) is 3.00. The average Bonchev–Trinajstić information content (AvgIpc) is 2.04. The molecule has 0 aliphatic heterocycles. The minimum absolute atomic E-state index is 0.188. The Balaban J connectivity index is 2.82. The van der Waals surface area contributed by atoms with Gasteiger partial charge in [0.1, 0.15) is 5.75 Å². The van der Waals surface area contributed by atoms with Crippen LogP contribution >= 0.6 is 12.8 Å². The molecule has 0 unspecified atom stereocenters. The van der Waals surface area contributed by atoms with Gasteiger partial charge in [0.2, 0.25) is 0 Å². The first-order chi connectivity index (χ1) is 5.74. The van der Waals surface area contributed by atoms with Crippen LogP contribution in [0, 0.1) is 0 Å². The molecule has 1 aromatic carbocycles. The molecule has 12 heavy (non-hydrogen) atoms. The van der Waals surface area contributed by atoms with Crippen molar-refractivity contribution in [3.05, 3.63) is 24.3 Å². The third-order valence-electron chi connectivity index (χ3n) is 1.37. The SMILES string of the molecule is CC(C)Oc1ccccc1NS. The highest BCUT2D eigenvalue weighted by Gasteiger charge is 2.01. The van der Waals surface area contributed by atoms with E-state index < -0.39 is 0 Å². The Morgan fingerprint density at radius 3 is 2.58 bits per heavy atom. The minimum Gasteiger partial charge on any atom is -0.489 e. The second kappa shape index (κ2) is 4.26. The van der Waals surface area contributed by atoms with Gasteiger partial charge in [-0.25, -0.2) is 0 Å². The van der Waals surface area contributed by atoms with Crippen LogP contribution < -0.4 is 9.46 Å². The van der Waals surface area contributed by atoms with Crippen molar-refractivity contribution in [2.45, 2.75) is 20.0 Å². The van der Waals surface area contributed by atoms with Gasteiger partial charge in [-0.3, -0.25) is 0 Å². The topological polar surface area (TPSA) is 21.3 Å². The first kappa shape index (κ1) is 9.26. The van der Waals surface area contributed by atoms with E-state index in [9.17, 15) is 0 Å². The number of hydrogen-bond donors (Lipinski definition) is 2. The van der Waals surface area contributed by atoms with E-state index in [2.05, 4.69) is 17.5 Å². The molecule has 0 saturated heterocycles. The summed E-state index contributed by atoms with van der Waals surface area (Å²) in [6, 6.07) is 7.71. The summed E-state index contributed by atoms with van der Waals surface area (Å²) in [4.78, 5) is 0. The molecule has 0 bridgehead atoms. The molecule has 0 aliphatic carbocycles. The maximum atomic E-state index is 5.52. The predicted octanol–water partition coefficient (Wildman–Crippen LogP) is 2.73. The third-order valence-corrected chi connectivity index (χ3v) is 1.61. The molecule has 3 heteroatoms. The van der Waals surface area contributed by atoms with Gasteiger partial charge in [0.15, 0.2) is 0 Å². The molecular formula is C9H13NOS. The van der Waals surface area contributed by atoms with E-state index in [1.165, 1.54) is 0 Å². The Bertz CT molecular complexity index is 250. The highest BCUT2D eigenvalue weighted by molar-refractivity contribution is 7.81. The maximum Gasteiger partial charge on any atom is 0.143 e. The molecule has 0 atom stereocenters. The van der Waals surface area contributed by atoms with Crippen LogP contribution in [0.5, 0.6) is 5.75 Å². The fourth-order valence-electron chi connectivity index (χ4n) is 0.916. The molecule has 0 spiro atoms. The molecule has 1 N–H and O–H groups in total. The summed E-state index contributed by atoms with van der Waals surface area (Å²) in [5, 5.41) is 0.